The van der Waals surface area contributed by atoms with Gasteiger partial charge in [0.2, 0.25) is 0 Å². The second kappa shape index (κ2) is 8.91. The number of Topliss-reactive ketones (excluding diaryl/α,β-unsaturated/α-hetero) is 1. The van der Waals surface area contributed by atoms with Crippen LogP contribution < -0.4 is 5.73 Å². The molecular formula is C27H32FN3O7. The lowest BCUT2D eigenvalue weighted by atomic mass is 9.57. The lowest BCUT2D eigenvalue weighted by Crippen LogP contribution is -2.60. The largest absolute Gasteiger partial charge is 0.510 e. The second-order valence-electron chi connectivity index (χ2n) is 10.9. The summed E-state index contributed by atoms with van der Waals surface area (Å²) in [5, 5.41) is 45.0. The third-order valence-electron chi connectivity index (χ3n) is 8.57. The van der Waals surface area contributed by atoms with Gasteiger partial charge in [0.1, 0.15) is 23.1 Å². The van der Waals surface area contributed by atoms with E-state index in [1.807, 2.05) is 4.90 Å². The predicted molar refractivity (Wildman–Crippen MR) is 134 cm³/mol. The Kier molecular flexibility index (Phi) is 6.18. The molecule has 1 amide bonds. The van der Waals surface area contributed by atoms with E-state index in [9.17, 15) is 30.0 Å². The molecule has 11 heteroatoms. The van der Waals surface area contributed by atoms with Gasteiger partial charge in [-0.15, -0.1) is 0 Å². The van der Waals surface area contributed by atoms with E-state index >= 15 is 4.39 Å². The average Bonchev–Trinajstić information content (AvgIpc) is 2.80. The fraction of sp³-hybridized carbons (Fsp3) is 0.481. The highest BCUT2D eigenvalue weighted by molar-refractivity contribution is 6.13. The van der Waals surface area contributed by atoms with Crippen LogP contribution in [0.4, 0.5) is 4.39 Å². The molecule has 1 fully saturated rings. The van der Waals surface area contributed by atoms with Crippen molar-refractivity contribution in [1.82, 2.24) is 9.80 Å². The number of ketones is 1. The van der Waals surface area contributed by atoms with Crippen LogP contribution in [-0.4, -0.2) is 94.0 Å². The number of allylic oxidation sites excluding steroid dienone is 1. The topological polar surface area (TPSA) is 157 Å². The second-order valence-corrected chi connectivity index (χ2v) is 10.9. The highest BCUT2D eigenvalue weighted by atomic mass is 19.1. The van der Waals surface area contributed by atoms with Crippen LogP contribution >= 0.6 is 0 Å². The summed E-state index contributed by atoms with van der Waals surface area (Å²) in [4.78, 5) is 29.4. The molecule has 5 rings (SSSR count). The fourth-order valence-corrected chi connectivity index (χ4v) is 6.68. The van der Waals surface area contributed by atoms with Crippen molar-refractivity contribution in [2.75, 3.05) is 34.3 Å². The van der Waals surface area contributed by atoms with Crippen LogP contribution in [0.3, 0.4) is 0 Å². The summed E-state index contributed by atoms with van der Waals surface area (Å²) >= 11 is 0. The number of hydrogen-bond acceptors (Lipinski definition) is 9. The number of primary amides is 1. The molecule has 0 aromatic heterocycles. The zero-order valence-electron chi connectivity index (χ0n) is 21.5. The number of carbonyl (C=O) groups is 2. The zero-order valence-corrected chi connectivity index (χ0v) is 21.5. The Morgan fingerprint density at radius 2 is 1.97 bits per heavy atom. The van der Waals surface area contributed by atoms with E-state index in [0.29, 0.717) is 13.1 Å². The van der Waals surface area contributed by atoms with Gasteiger partial charge in [-0.2, -0.15) is 0 Å². The van der Waals surface area contributed by atoms with Crippen LogP contribution in [0.25, 0.3) is 0 Å². The average molecular weight is 530 g/mol. The summed E-state index contributed by atoms with van der Waals surface area (Å²) in [5.41, 5.74) is 2.32. The van der Waals surface area contributed by atoms with Gasteiger partial charge >= 0.3 is 0 Å². The molecule has 38 heavy (non-hydrogen) atoms. The number of nitrogens with two attached hydrogens (primary N) is 1. The number of halogens is 1. The highest BCUT2D eigenvalue weighted by Crippen LogP contribution is 2.55. The Morgan fingerprint density at radius 1 is 1.32 bits per heavy atom. The van der Waals surface area contributed by atoms with Crippen LogP contribution in [0, 0.1) is 17.7 Å². The molecule has 0 saturated carbocycles. The van der Waals surface area contributed by atoms with E-state index < -0.39 is 63.8 Å². The number of phenolic OH excluding ortho intramolecular Hbond substituents is 1. The number of carbonyl (C=O) groups excluding carboxylic acids is 2. The molecule has 0 unspecified atom stereocenters. The molecule has 0 spiro atoms. The molecule has 4 aliphatic rings. The molecule has 6 N–H and O–H groups in total. The Morgan fingerprint density at radius 3 is 2.55 bits per heavy atom. The first-order valence-corrected chi connectivity index (χ1v) is 12.4. The van der Waals surface area contributed by atoms with Crippen LogP contribution in [0.5, 0.6) is 5.75 Å². The summed E-state index contributed by atoms with van der Waals surface area (Å²) in [6.45, 7) is 5.23. The van der Waals surface area contributed by atoms with Gasteiger partial charge < -0.3 is 30.9 Å². The number of amides is 1. The number of aromatic hydroxyl groups is 1. The Labute approximate surface area is 219 Å². The van der Waals surface area contributed by atoms with Gasteiger partial charge in [0.05, 0.1) is 23.3 Å². The van der Waals surface area contributed by atoms with Gasteiger partial charge in [-0.3, -0.25) is 19.4 Å². The summed E-state index contributed by atoms with van der Waals surface area (Å²) in [6, 6.07) is 0.274. The number of nitrogens with zero attached hydrogens (tertiary/aromatic N) is 2. The van der Waals surface area contributed by atoms with Crippen molar-refractivity contribution in [3.05, 3.63) is 63.4 Å². The van der Waals surface area contributed by atoms with E-state index in [2.05, 4.69) is 6.58 Å². The molecule has 1 aromatic carbocycles. The van der Waals surface area contributed by atoms with E-state index in [4.69, 9.17) is 10.5 Å². The number of fused-ring (bicyclic) bond motifs is 3. The molecule has 4 atom stereocenters. The van der Waals surface area contributed by atoms with Crippen molar-refractivity contribution < 1.29 is 39.1 Å². The number of methoxy groups -OCH3 is 1. The fourth-order valence-electron chi connectivity index (χ4n) is 6.68. The molecule has 1 aromatic rings. The van der Waals surface area contributed by atoms with Gasteiger partial charge in [-0.05, 0) is 38.9 Å². The SMILES string of the molecule is C=C1C(C(N)=O)=C(O)[C@@H](N(C)C)[C@@H]2C[C@@H]3Cc4c(F)c(CN5CC(OC)C5)cc(O)c4C(=O)C3=C(O)[C@]12O. The molecule has 3 aliphatic carbocycles. The maximum atomic E-state index is 15.8. The minimum absolute atomic E-state index is 0.0131. The number of ether oxygens (including phenoxy) is 1. The third kappa shape index (κ3) is 3.53. The lowest BCUT2D eigenvalue weighted by molar-refractivity contribution is -0.115. The molecule has 0 bridgehead atoms. The zero-order chi connectivity index (χ0) is 27.8. The number of aliphatic hydroxyl groups excluding tert-OH is 2. The number of likely N-dealkylation sites (N-methyl/N-ethyl adjacent to an activating group) is 1. The number of likely N-dealkylation sites (tertiary alicyclic amines) is 1. The Bertz CT molecular complexity index is 1330. The van der Waals surface area contributed by atoms with Crippen molar-refractivity contribution >= 4 is 11.7 Å². The first-order valence-electron chi connectivity index (χ1n) is 12.4. The van der Waals surface area contributed by atoms with E-state index in [0.717, 1.165) is 0 Å². The third-order valence-corrected chi connectivity index (χ3v) is 8.57. The molecule has 0 radical (unpaired) electrons. The minimum atomic E-state index is -2.28. The standard InChI is InChI=1S/C27H32FN3O7/c1-11-18(26(29)36)24(34)22(30(2)3)16-6-12-5-15-20(23(33)19(12)25(35)27(11,16)37)17(32)7-13(21(15)28)8-31-9-14(10-31)38-4/h7,12,14,16,22,32,34-35,37H,1,5-6,8-10H2,2-4H3,(H2,29,36)/t12-,16-,22-,27-/m0/s1. The number of rotatable bonds is 5. The van der Waals surface area contributed by atoms with E-state index in [1.165, 1.54) is 6.07 Å². The quantitative estimate of drug-likeness (QED) is 0.377. The van der Waals surface area contributed by atoms with Gasteiger partial charge in [0.15, 0.2) is 11.4 Å². The summed E-state index contributed by atoms with van der Waals surface area (Å²) in [6.07, 6.45) is 0.115. The first kappa shape index (κ1) is 26.4. The number of aliphatic hydroxyl groups is 3. The molecule has 1 saturated heterocycles. The van der Waals surface area contributed by atoms with Crippen molar-refractivity contribution in [2.45, 2.75) is 37.1 Å². The van der Waals surface area contributed by atoms with Crippen LogP contribution in [0.1, 0.15) is 27.9 Å². The van der Waals surface area contributed by atoms with Gasteiger partial charge in [-0.1, -0.05) is 6.58 Å². The normalized spacial score (nSPS) is 29.8. The minimum Gasteiger partial charge on any atom is -0.510 e. The first-order chi connectivity index (χ1) is 17.8. The van der Waals surface area contributed by atoms with E-state index in [1.54, 1.807) is 26.1 Å². The molecule has 1 heterocycles. The number of benzene rings is 1. The maximum Gasteiger partial charge on any atom is 0.252 e. The monoisotopic (exact) mass is 529 g/mol. The van der Waals surface area contributed by atoms with Gasteiger partial charge in [0.25, 0.3) is 5.91 Å². The van der Waals surface area contributed by atoms with Gasteiger partial charge in [-0.25, -0.2) is 4.39 Å². The molecule has 10 nitrogen and oxygen atoms in total. The number of hydrogen-bond donors (Lipinski definition) is 5. The highest BCUT2D eigenvalue weighted by Gasteiger charge is 2.60. The van der Waals surface area contributed by atoms with Crippen molar-refractivity contribution in [3.63, 3.8) is 0 Å². The Balaban J connectivity index is 1.60. The molecule has 204 valence electrons. The lowest BCUT2D eigenvalue weighted by Gasteiger charge is -2.52. The van der Waals surface area contributed by atoms with Crippen molar-refractivity contribution in [2.24, 2.45) is 17.6 Å². The van der Waals surface area contributed by atoms with Gasteiger partial charge in [0, 0.05) is 54.9 Å². The molecule has 1 aliphatic heterocycles. The number of phenols is 1. The summed E-state index contributed by atoms with van der Waals surface area (Å²) in [7, 11) is 4.86. The van der Waals surface area contributed by atoms with Crippen LogP contribution in [-0.2, 0) is 22.5 Å². The summed E-state index contributed by atoms with van der Waals surface area (Å²) in [5.74, 6) is -5.63. The smallest absolute Gasteiger partial charge is 0.252 e. The summed E-state index contributed by atoms with van der Waals surface area (Å²) < 4.78 is 21.0. The predicted octanol–water partition coefficient (Wildman–Crippen LogP) is 1.08. The molecular weight excluding hydrogens is 497 g/mol. The van der Waals surface area contributed by atoms with Crippen molar-refractivity contribution in [1.29, 1.82) is 0 Å². The van der Waals surface area contributed by atoms with Crippen molar-refractivity contribution in [3.8, 4) is 5.75 Å². The van der Waals surface area contributed by atoms with E-state index in [-0.39, 0.29) is 53.3 Å². The Hall–Kier alpha value is -3.25. The maximum absolute atomic E-state index is 15.8. The van der Waals surface area contributed by atoms with Crippen LogP contribution in [0.15, 0.2) is 40.9 Å². The van der Waals surface area contributed by atoms with Crippen LogP contribution in [0.2, 0.25) is 0 Å².